The monoisotopic (exact) mass is 497 g/mol. The number of hydrogen-bond acceptors (Lipinski definition) is 6. The molecule has 1 aliphatic rings. The van der Waals surface area contributed by atoms with Gasteiger partial charge in [0.1, 0.15) is 0 Å². The predicted molar refractivity (Wildman–Crippen MR) is 136 cm³/mol. The summed E-state index contributed by atoms with van der Waals surface area (Å²) in [4.78, 5) is 15.0. The summed E-state index contributed by atoms with van der Waals surface area (Å²) in [6.45, 7) is 9.14. The van der Waals surface area contributed by atoms with Crippen LogP contribution in [0.3, 0.4) is 0 Å². The standard InChI is InChI=1S/C25H28ClN5O2S/c1-2-11-31-24(19-7-9-22(26)10-8-19)28-29-25(31)34-18-23(32)27-16-20-5-3-4-6-21(20)17-30-12-14-33-15-13-30/h2-10H,1,11-18H2,(H,27,32). The second-order valence-electron chi connectivity index (χ2n) is 7.93. The van der Waals surface area contributed by atoms with E-state index in [0.29, 0.717) is 23.3 Å². The van der Waals surface area contributed by atoms with Crippen molar-refractivity contribution in [2.24, 2.45) is 0 Å². The molecule has 3 aromatic rings. The van der Waals surface area contributed by atoms with E-state index >= 15 is 0 Å². The van der Waals surface area contributed by atoms with Crippen LogP contribution in [-0.4, -0.2) is 57.6 Å². The number of hydrogen-bond donors (Lipinski definition) is 1. The molecule has 7 nitrogen and oxygen atoms in total. The average molecular weight is 498 g/mol. The van der Waals surface area contributed by atoms with E-state index in [2.05, 4.69) is 39.1 Å². The molecule has 0 atom stereocenters. The fourth-order valence-corrected chi connectivity index (χ4v) is 4.66. The van der Waals surface area contributed by atoms with Gasteiger partial charge in [0.25, 0.3) is 0 Å². The largest absolute Gasteiger partial charge is 0.379 e. The van der Waals surface area contributed by atoms with Crippen LogP contribution in [0.2, 0.25) is 5.02 Å². The summed E-state index contributed by atoms with van der Waals surface area (Å²) in [5.41, 5.74) is 3.27. The van der Waals surface area contributed by atoms with E-state index in [-0.39, 0.29) is 11.7 Å². The molecule has 2 heterocycles. The highest BCUT2D eigenvalue weighted by Gasteiger charge is 2.16. The van der Waals surface area contributed by atoms with Crippen molar-refractivity contribution in [3.8, 4) is 11.4 Å². The van der Waals surface area contributed by atoms with Crippen LogP contribution in [0.25, 0.3) is 11.4 Å². The number of aromatic nitrogens is 3. The first-order valence-corrected chi connectivity index (χ1v) is 12.6. The van der Waals surface area contributed by atoms with Crippen LogP contribution >= 0.6 is 23.4 Å². The van der Waals surface area contributed by atoms with Crippen LogP contribution in [0.4, 0.5) is 0 Å². The molecule has 1 amide bonds. The first-order chi connectivity index (χ1) is 16.6. The summed E-state index contributed by atoms with van der Waals surface area (Å²) in [6.07, 6.45) is 1.79. The first kappa shape index (κ1) is 24.5. The molecule has 2 aromatic carbocycles. The van der Waals surface area contributed by atoms with Crippen molar-refractivity contribution in [3.05, 3.63) is 77.3 Å². The maximum atomic E-state index is 12.6. The summed E-state index contributed by atoms with van der Waals surface area (Å²) in [6, 6.07) is 15.7. The number of thioether (sulfide) groups is 1. The quantitative estimate of drug-likeness (QED) is 0.337. The molecule has 178 valence electrons. The van der Waals surface area contributed by atoms with Crippen molar-refractivity contribution in [3.63, 3.8) is 0 Å². The van der Waals surface area contributed by atoms with E-state index in [0.717, 1.165) is 49.8 Å². The minimum atomic E-state index is -0.0487. The van der Waals surface area contributed by atoms with Gasteiger partial charge in [-0.05, 0) is 35.4 Å². The van der Waals surface area contributed by atoms with E-state index in [1.54, 1.807) is 6.08 Å². The van der Waals surface area contributed by atoms with E-state index in [4.69, 9.17) is 16.3 Å². The lowest BCUT2D eigenvalue weighted by Gasteiger charge is -2.27. The van der Waals surface area contributed by atoms with Gasteiger partial charge in [0.2, 0.25) is 5.91 Å². The van der Waals surface area contributed by atoms with Gasteiger partial charge in [0.15, 0.2) is 11.0 Å². The summed E-state index contributed by atoms with van der Waals surface area (Å²) in [5, 5.41) is 13.0. The van der Waals surface area contributed by atoms with E-state index in [1.165, 1.54) is 17.3 Å². The molecule has 4 rings (SSSR count). The van der Waals surface area contributed by atoms with Gasteiger partial charge in [-0.1, -0.05) is 53.7 Å². The minimum Gasteiger partial charge on any atom is -0.379 e. The van der Waals surface area contributed by atoms with Gasteiger partial charge in [-0.15, -0.1) is 16.8 Å². The van der Waals surface area contributed by atoms with Crippen molar-refractivity contribution in [2.45, 2.75) is 24.8 Å². The van der Waals surface area contributed by atoms with Crippen molar-refractivity contribution in [1.29, 1.82) is 0 Å². The van der Waals surface area contributed by atoms with Gasteiger partial charge >= 0.3 is 0 Å². The molecule has 1 saturated heterocycles. The molecule has 0 radical (unpaired) electrons. The Labute approximate surface area is 209 Å². The number of nitrogens with zero attached hydrogens (tertiary/aromatic N) is 4. The van der Waals surface area contributed by atoms with Crippen LogP contribution in [0, 0.1) is 0 Å². The molecule has 0 saturated carbocycles. The zero-order valence-corrected chi connectivity index (χ0v) is 20.5. The van der Waals surface area contributed by atoms with E-state index < -0.39 is 0 Å². The molecule has 0 unspecified atom stereocenters. The van der Waals surface area contributed by atoms with Crippen molar-refractivity contribution in [1.82, 2.24) is 25.0 Å². The van der Waals surface area contributed by atoms with Crippen LogP contribution in [0.1, 0.15) is 11.1 Å². The lowest BCUT2D eigenvalue weighted by atomic mass is 10.1. The topological polar surface area (TPSA) is 72.3 Å². The van der Waals surface area contributed by atoms with E-state index in [9.17, 15) is 4.79 Å². The lowest BCUT2D eigenvalue weighted by Crippen LogP contribution is -2.36. The Morgan fingerprint density at radius 1 is 1.12 bits per heavy atom. The number of carbonyl (C=O) groups is 1. The minimum absolute atomic E-state index is 0.0487. The third-order valence-electron chi connectivity index (χ3n) is 5.56. The number of allylic oxidation sites excluding steroid dienone is 1. The maximum Gasteiger partial charge on any atom is 0.230 e. The number of amides is 1. The highest BCUT2D eigenvalue weighted by molar-refractivity contribution is 7.99. The van der Waals surface area contributed by atoms with Crippen LogP contribution < -0.4 is 5.32 Å². The molecule has 1 N–H and O–H groups in total. The van der Waals surface area contributed by atoms with Gasteiger partial charge in [-0.2, -0.15) is 0 Å². The Kier molecular flexibility index (Phi) is 8.76. The normalized spacial score (nSPS) is 14.1. The predicted octanol–water partition coefficient (Wildman–Crippen LogP) is 4.03. The van der Waals surface area contributed by atoms with Gasteiger partial charge in [-0.25, -0.2) is 0 Å². The third-order valence-corrected chi connectivity index (χ3v) is 6.77. The van der Waals surface area contributed by atoms with Crippen molar-refractivity contribution >= 4 is 29.3 Å². The highest BCUT2D eigenvalue weighted by atomic mass is 35.5. The zero-order valence-electron chi connectivity index (χ0n) is 19.0. The second kappa shape index (κ2) is 12.2. The molecule has 0 aliphatic carbocycles. The zero-order chi connectivity index (χ0) is 23.8. The summed E-state index contributed by atoms with van der Waals surface area (Å²) in [7, 11) is 0. The fourth-order valence-electron chi connectivity index (χ4n) is 3.76. The first-order valence-electron chi connectivity index (χ1n) is 11.2. The van der Waals surface area contributed by atoms with Gasteiger partial charge in [0.05, 0.1) is 19.0 Å². The molecular weight excluding hydrogens is 470 g/mol. The average Bonchev–Trinajstić information content (AvgIpc) is 3.26. The van der Waals surface area contributed by atoms with Crippen LogP contribution in [0.5, 0.6) is 0 Å². The SMILES string of the molecule is C=CCn1c(SCC(=O)NCc2ccccc2CN2CCOCC2)nnc1-c1ccc(Cl)cc1. The summed E-state index contributed by atoms with van der Waals surface area (Å²) >= 11 is 7.37. The molecular formula is C25H28ClN5O2S. The number of ether oxygens (including phenoxy) is 1. The second-order valence-corrected chi connectivity index (χ2v) is 9.31. The molecule has 1 aromatic heterocycles. The number of halogens is 1. The number of benzene rings is 2. The molecule has 0 bridgehead atoms. The van der Waals surface area contributed by atoms with Crippen LogP contribution in [0.15, 0.2) is 66.3 Å². The summed E-state index contributed by atoms with van der Waals surface area (Å²) < 4.78 is 7.39. The Hall–Kier alpha value is -2.65. The molecule has 34 heavy (non-hydrogen) atoms. The maximum absolute atomic E-state index is 12.6. The Balaban J connectivity index is 1.35. The van der Waals surface area contributed by atoms with Gasteiger partial charge in [0, 0.05) is 43.3 Å². The Bertz CT molecular complexity index is 1110. The highest BCUT2D eigenvalue weighted by Crippen LogP contribution is 2.25. The lowest BCUT2D eigenvalue weighted by molar-refractivity contribution is -0.118. The smallest absolute Gasteiger partial charge is 0.230 e. The van der Waals surface area contributed by atoms with Gasteiger partial charge < -0.3 is 10.1 Å². The number of rotatable bonds is 10. The number of morpholine rings is 1. The van der Waals surface area contributed by atoms with Gasteiger partial charge in [-0.3, -0.25) is 14.3 Å². The Morgan fingerprint density at radius 2 is 1.85 bits per heavy atom. The fraction of sp³-hybridized carbons (Fsp3) is 0.320. The van der Waals surface area contributed by atoms with Crippen molar-refractivity contribution < 1.29 is 9.53 Å². The molecule has 1 aliphatic heterocycles. The number of carbonyl (C=O) groups excluding carboxylic acids is 1. The van der Waals surface area contributed by atoms with Crippen LogP contribution in [-0.2, 0) is 29.2 Å². The van der Waals surface area contributed by atoms with Crippen molar-refractivity contribution in [2.75, 3.05) is 32.1 Å². The summed E-state index contributed by atoms with van der Waals surface area (Å²) in [5.74, 6) is 0.922. The molecule has 1 fully saturated rings. The molecule has 0 spiro atoms. The Morgan fingerprint density at radius 3 is 2.59 bits per heavy atom. The third kappa shape index (κ3) is 6.48. The molecule has 9 heteroatoms. The number of nitrogens with one attached hydrogen (secondary N) is 1. The van der Waals surface area contributed by atoms with E-state index in [1.807, 2.05) is 41.0 Å².